The van der Waals surface area contributed by atoms with Gasteiger partial charge in [-0.15, -0.1) is 0 Å². The molecule has 0 unspecified atom stereocenters. The normalized spacial score (nSPS) is 10.2. The summed E-state index contributed by atoms with van der Waals surface area (Å²) in [6.07, 6.45) is 1.92. The third-order valence-electron chi connectivity index (χ3n) is 2.99. The van der Waals surface area contributed by atoms with Gasteiger partial charge in [-0.1, -0.05) is 30.3 Å². The van der Waals surface area contributed by atoms with Gasteiger partial charge >= 0.3 is 0 Å². The Morgan fingerprint density at radius 1 is 0.850 bits per heavy atom. The van der Waals surface area contributed by atoms with Crippen molar-refractivity contribution in [1.82, 2.24) is 4.98 Å². The molecule has 0 saturated heterocycles. The van der Waals surface area contributed by atoms with Gasteiger partial charge in [-0.25, -0.2) is 0 Å². The fourth-order valence-corrected chi connectivity index (χ4v) is 1.99. The van der Waals surface area contributed by atoms with Crippen molar-refractivity contribution >= 4 is 5.69 Å². The van der Waals surface area contributed by atoms with Crippen LogP contribution in [0.1, 0.15) is 5.69 Å². The highest BCUT2D eigenvalue weighted by Gasteiger charge is 2.04. The zero-order valence-corrected chi connectivity index (χ0v) is 11.0. The minimum atomic E-state index is 0.738. The first-order valence-electron chi connectivity index (χ1n) is 6.60. The molecule has 3 heteroatoms. The van der Waals surface area contributed by atoms with Gasteiger partial charge in [0.05, 0.1) is 12.2 Å². The molecule has 20 heavy (non-hydrogen) atoms. The molecule has 100 valence electrons. The van der Waals surface area contributed by atoms with Gasteiger partial charge in [0.15, 0.2) is 5.75 Å². The van der Waals surface area contributed by atoms with E-state index in [-0.39, 0.29) is 0 Å². The lowest BCUT2D eigenvalue weighted by Gasteiger charge is -2.12. The van der Waals surface area contributed by atoms with Gasteiger partial charge in [-0.3, -0.25) is 0 Å². The van der Waals surface area contributed by atoms with Crippen molar-refractivity contribution in [1.29, 1.82) is 0 Å². The van der Waals surface area contributed by atoms with Crippen LogP contribution in [0.3, 0.4) is 0 Å². The van der Waals surface area contributed by atoms with Gasteiger partial charge in [0.2, 0.25) is 0 Å². The average Bonchev–Trinajstić information content (AvgIpc) is 3.01. The van der Waals surface area contributed by atoms with E-state index < -0.39 is 0 Å². The molecular formula is C17H16N2O. The Bertz CT molecular complexity index is 648. The number of hydrogen-bond acceptors (Lipinski definition) is 2. The van der Waals surface area contributed by atoms with Gasteiger partial charge in [0, 0.05) is 11.9 Å². The van der Waals surface area contributed by atoms with E-state index in [1.807, 2.05) is 72.9 Å². The SMILES string of the molecule is c1ccc(Oc2ccccc2NCc2ccc[nH]2)cc1. The second-order valence-corrected chi connectivity index (χ2v) is 4.46. The second kappa shape index (κ2) is 5.97. The lowest BCUT2D eigenvalue weighted by molar-refractivity contribution is 0.484. The van der Waals surface area contributed by atoms with Crippen LogP contribution in [0.2, 0.25) is 0 Å². The number of anilines is 1. The van der Waals surface area contributed by atoms with Crippen molar-refractivity contribution < 1.29 is 4.74 Å². The zero-order valence-electron chi connectivity index (χ0n) is 11.0. The molecule has 1 aromatic heterocycles. The Hall–Kier alpha value is -2.68. The van der Waals surface area contributed by atoms with Crippen LogP contribution in [0.15, 0.2) is 72.9 Å². The summed E-state index contributed by atoms with van der Waals surface area (Å²) in [5.41, 5.74) is 2.12. The molecule has 3 aromatic rings. The Morgan fingerprint density at radius 3 is 2.45 bits per heavy atom. The number of aromatic amines is 1. The highest BCUT2D eigenvalue weighted by Crippen LogP contribution is 2.29. The third-order valence-corrected chi connectivity index (χ3v) is 2.99. The van der Waals surface area contributed by atoms with Crippen molar-refractivity contribution in [2.24, 2.45) is 0 Å². The van der Waals surface area contributed by atoms with Crippen LogP contribution in [0.4, 0.5) is 5.69 Å². The maximum absolute atomic E-state index is 5.91. The van der Waals surface area contributed by atoms with Crippen LogP contribution in [-0.2, 0) is 6.54 Å². The minimum absolute atomic E-state index is 0.738. The lowest BCUT2D eigenvalue weighted by Crippen LogP contribution is -2.01. The zero-order chi connectivity index (χ0) is 13.6. The molecule has 0 aliphatic rings. The summed E-state index contributed by atoms with van der Waals surface area (Å²) < 4.78 is 5.91. The maximum Gasteiger partial charge on any atom is 0.150 e. The Kier molecular flexibility index (Phi) is 3.69. The molecule has 3 nitrogen and oxygen atoms in total. The molecule has 0 aliphatic carbocycles. The summed E-state index contributed by atoms with van der Waals surface area (Å²) in [5.74, 6) is 1.66. The van der Waals surface area contributed by atoms with Crippen LogP contribution >= 0.6 is 0 Å². The average molecular weight is 264 g/mol. The van der Waals surface area contributed by atoms with Gasteiger partial charge in [-0.2, -0.15) is 0 Å². The fourth-order valence-electron chi connectivity index (χ4n) is 1.99. The van der Waals surface area contributed by atoms with Gasteiger partial charge < -0.3 is 15.0 Å². The van der Waals surface area contributed by atoms with Crippen molar-refractivity contribution in [3.05, 3.63) is 78.6 Å². The number of rotatable bonds is 5. The number of aromatic nitrogens is 1. The Labute approximate surface area is 118 Å². The number of hydrogen-bond donors (Lipinski definition) is 2. The van der Waals surface area contributed by atoms with Crippen molar-refractivity contribution in [2.75, 3.05) is 5.32 Å². The summed E-state index contributed by atoms with van der Waals surface area (Å²) in [6.45, 7) is 0.738. The molecule has 0 saturated carbocycles. The number of ether oxygens (including phenoxy) is 1. The summed E-state index contributed by atoms with van der Waals surface area (Å²) in [5, 5.41) is 3.38. The summed E-state index contributed by atoms with van der Waals surface area (Å²) in [7, 11) is 0. The predicted octanol–water partition coefficient (Wildman–Crippen LogP) is 4.42. The van der Waals surface area contributed by atoms with Crippen molar-refractivity contribution in [3.8, 4) is 11.5 Å². The topological polar surface area (TPSA) is 37.0 Å². The molecule has 3 rings (SSSR count). The molecule has 2 N–H and O–H groups in total. The summed E-state index contributed by atoms with van der Waals surface area (Å²) in [6, 6.07) is 21.8. The second-order valence-electron chi connectivity index (χ2n) is 4.46. The van der Waals surface area contributed by atoms with Gasteiger partial charge in [0.25, 0.3) is 0 Å². The largest absolute Gasteiger partial charge is 0.455 e. The van der Waals surface area contributed by atoms with Gasteiger partial charge in [0.1, 0.15) is 5.75 Å². The van der Waals surface area contributed by atoms with Crippen LogP contribution in [0.25, 0.3) is 0 Å². The molecule has 0 radical (unpaired) electrons. The first-order chi connectivity index (χ1) is 9.92. The van der Waals surface area contributed by atoms with Gasteiger partial charge in [-0.05, 0) is 36.4 Å². The fraction of sp³-hybridized carbons (Fsp3) is 0.0588. The summed E-state index contributed by atoms with van der Waals surface area (Å²) >= 11 is 0. The Balaban J connectivity index is 1.74. The van der Waals surface area contributed by atoms with E-state index in [2.05, 4.69) is 10.3 Å². The summed E-state index contributed by atoms with van der Waals surface area (Å²) in [4.78, 5) is 3.17. The third kappa shape index (κ3) is 3.01. The number of benzene rings is 2. The molecule has 0 spiro atoms. The number of nitrogens with one attached hydrogen (secondary N) is 2. The molecule has 0 atom stereocenters. The van der Waals surface area contributed by atoms with E-state index in [1.54, 1.807) is 0 Å². The van der Waals surface area contributed by atoms with Crippen LogP contribution in [-0.4, -0.2) is 4.98 Å². The molecule has 1 heterocycles. The molecule has 0 bridgehead atoms. The quantitative estimate of drug-likeness (QED) is 0.715. The minimum Gasteiger partial charge on any atom is -0.455 e. The van der Waals surface area contributed by atoms with E-state index in [0.717, 1.165) is 29.4 Å². The van der Waals surface area contributed by atoms with Crippen molar-refractivity contribution in [3.63, 3.8) is 0 Å². The number of para-hydroxylation sites is 3. The monoisotopic (exact) mass is 264 g/mol. The molecule has 0 amide bonds. The molecule has 0 aliphatic heterocycles. The van der Waals surface area contributed by atoms with E-state index in [0.29, 0.717) is 0 Å². The smallest absolute Gasteiger partial charge is 0.150 e. The predicted molar refractivity (Wildman–Crippen MR) is 81.1 cm³/mol. The number of H-pyrrole nitrogens is 1. The van der Waals surface area contributed by atoms with Crippen LogP contribution < -0.4 is 10.1 Å². The molecular weight excluding hydrogens is 248 g/mol. The standard InChI is InChI=1S/C17H16N2O/c1-2-8-15(9-3-1)20-17-11-5-4-10-16(17)19-13-14-7-6-12-18-14/h1-12,18-19H,13H2. The van der Waals surface area contributed by atoms with E-state index in [4.69, 9.17) is 4.74 Å². The van der Waals surface area contributed by atoms with E-state index >= 15 is 0 Å². The van der Waals surface area contributed by atoms with E-state index in [1.165, 1.54) is 0 Å². The molecule has 0 fully saturated rings. The van der Waals surface area contributed by atoms with E-state index in [9.17, 15) is 0 Å². The first kappa shape index (κ1) is 12.4. The highest BCUT2D eigenvalue weighted by atomic mass is 16.5. The molecule has 2 aromatic carbocycles. The van der Waals surface area contributed by atoms with Crippen LogP contribution in [0, 0.1) is 0 Å². The van der Waals surface area contributed by atoms with Crippen molar-refractivity contribution in [2.45, 2.75) is 6.54 Å². The lowest BCUT2D eigenvalue weighted by atomic mass is 10.2. The first-order valence-corrected chi connectivity index (χ1v) is 6.60. The maximum atomic E-state index is 5.91. The Morgan fingerprint density at radius 2 is 1.65 bits per heavy atom. The van der Waals surface area contributed by atoms with Crippen LogP contribution in [0.5, 0.6) is 11.5 Å². The highest BCUT2D eigenvalue weighted by molar-refractivity contribution is 5.57.